The van der Waals surface area contributed by atoms with E-state index in [1.54, 1.807) is 17.0 Å². The third kappa shape index (κ3) is 4.94. The molecule has 0 saturated heterocycles. The second kappa shape index (κ2) is 9.31. The molecule has 4 rings (SSSR count). The molecule has 3 aromatic carbocycles. The van der Waals surface area contributed by atoms with Crippen LogP contribution >= 0.6 is 0 Å². The average molecular weight is 418 g/mol. The highest BCUT2D eigenvalue weighted by Gasteiger charge is 2.28. The van der Waals surface area contributed by atoms with Gasteiger partial charge in [0.15, 0.2) is 0 Å². The molecule has 1 atom stereocenters. The number of carbonyl (C=O) groups excluding carboxylic acids is 1. The number of hydrogen-bond donors (Lipinski definition) is 1. The molecule has 0 radical (unpaired) electrons. The predicted molar refractivity (Wildman–Crippen MR) is 123 cm³/mol. The van der Waals surface area contributed by atoms with Crippen molar-refractivity contribution in [3.05, 3.63) is 95.8 Å². The summed E-state index contributed by atoms with van der Waals surface area (Å²) in [6, 6.07) is 23.4. The predicted octanol–water partition coefficient (Wildman–Crippen LogP) is 5.05. The summed E-state index contributed by atoms with van der Waals surface area (Å²) in [6.45, 7) is 3.48. The Morgan fingerprint density at radius 1 is 1.00 bits per heavy atom. The van der Waals surface area contributed by atoms with E-state index in [0.29, 0.717) is 18.3 Å². The Bertz CT molecular complexity index is 1020. The topological polar surface area (TPSA) is 49.6 Å². The molecule has 0 spiro atoms. The van der Waals surface area contributed by atoms with Crippen LogP contribution in [-0.4, -0.2) is 18.5 Å². The van der Waals surface area contributed by atoms with Gasteiger partial charge in [0.25, 0.3) is 0 Å². The minimum absolute atomic E-state index is 0.224. The lowest BCUT2D eigenvalue weighted by atomic mass is 10.1. The van der Waals surface area contributed by atoms with Gasteiger partial charge in [-0.1, -0.05) is 42.5 Å². The first-order chi connectivity index (χ1) is 15.1. The van der Waals surface area contributed by atoms with Gasteiger partial charge >= 0.3 is 0 Å². The molecule has 160 valence electrons. The molecule has 5 heteroatoms. The summed E-state index contributed by atoms with van der Waals surface area (Å²) in [5.74, 6) is -0.564. The maximum atomic E-state index is 13.5. The Kier molecular flexibility index (Phi) is 6.33. The quantitative estimate of drug-likeness (QED) is 0.558. The van der Waals surface area contributed by atoms with Gasteiger partial charge in [0.1, 0.15) is 11.9 Å². The molecule has 4 nitrogen and oxygen atoms in total. The van der Waals surface area contributed by atoms with Crippen LogP contribution in [0.4, 0.5) is 15.8 Å². The maximum Gasteiger partial charge on any atom is 0.248 e. The molecule has 1 amide bonds. The molecule has 1 fully saturated rings. The first kappa shape index (κ1) is 21.1. The van der Waals surface area contributed by atoms with Gasteiger partial charge in [-0.05, 0) is 67.3 Å². The monoisotopic (exact) mass is 417 g/mol. The minimum atomic E-state index is -0.798. The van der Waals surface area contributed by atoms with Gasteiger partial charge in [0, 0.05) is 24.0 Å². The smallest absolute Gasteiger partial charge is 0.248 e. The van der Waals surface area contributed by atoms with Crippen molar-refractivity contribution in [3.63, 3.8) is 0 Å². The van der Waals surface area contributed by atoms with Crippen molar-refractivity contribution in [3.8, 4) is 0 Å². The third-order valence-electron chi connectivity index (χ3n) is 5.74. The zero-order valence-electron chi connectivity index (χ0n) is 17.7. The number of halogens is 1. The number of amides is 1. The summed E-state index contributed by atoms with van der Waals surface area (Å²) in [5.41, 5.74) is 9.88. The molecule has 0 bridgehead atoms. The third-order valence-corrected chi connectivity index (χ3v) is 5.74. The Balaban J connectivity index is 1.63. The average Bonchev–Trinajstić information content (AvgIpc) is 3.64. The summed E-state index contributed by atoms with van der Waals surface area (Å²) in [4.78, 5) is 17.5. The van der Waals surface area contributed by atoms with Crippen LogP contribution < -0.4 is 15.5 Å². The second-order valence-corrected chi connectivity index (χ2v) is 7.98. The van der Waals surface area contributed by atoms with Crippen LogP contribution in [0, 0.1) is 5.82 Å². The van der Waals surface area contributed by atoms with E-state index in [2.05, 4.69) is 24.0 Å². The van der Waals surface area contributed by atoms with E-state index in [1.165, 1.54) is 30.7 Å². The summed E-state index contributed by atoms with van der Waals surface area (Å²) < 4.78 is 13.5. The Hall–Kier alpha value is -3.18. The van der Waals surface area contributed by atoms with Gasteiger partial charge in [0.05, 0.1) is 6.54 Å². The van der Waals surface area contributed by atoms with Gasteiger partial charge < -0.3 is 15.5 Å². The summed E-state index contributed by atoms with van der Waals surface area (Å²) in [5, 5.41) is 0. The van der Waals surface area contributed by atoms with Gasteiger partial charge in [-0.2, -0.15) is 0 Å². The van der Waals surface area contributed by atoms with Crippen LogP contribution in [0.15, 0.2) is 78.9 Å². The zero-order valence-corrected chi connectivity index (χ0v) is 17.7. The van der Waals surface area contributed by atoms with E-state index in [1.807, 2.05) is 42.5 Å². The van der Waals surface area contributed by atoms with Crippen molar-refractivity contribution in [1.82, 2.24) is 0 Å². The molecule has 1 aliphatic carbocycles. The number of nitrogens with zero attached hydrogens (tertiary/aromatic N) is 2. The Labute approximate surface area is 183 Å². The van der Waals surface area contributed by atoms with E-state index in [9.17, 15) is 9.18 Å². The molecule has 0 unspecified atom stereocenters. The first-order valence-electron chi connectivity index (χ1n) is 10.8. The van der Waals surface area contributed by atoms with Gasteiger partial charge in [0.2, 0.25) is 5.91 Å². The van der Waals surface area contributed by atoms with E-state index < -0.39 is 6.04 Å². The minimum Gasteiger partial charge on any atom is -0.369 e. The second-order valence-electron chi connectivity index (χ2n) is 7.98. The van der Waals surface area contributed by atoms with E-state index in [0.717, 1.165) is 17.7 Å². The standard InChI is InChI=1S/C26H28FN3O/c1-2-29(22-15-16-22)24-10-6-7-19(17-24)18-30(23-13-11-21(27)12-14-23)26(31)25(28)20-8-4-3-5-9-20/h3-14,17,22,25H,2,15-16,18,28H2,1H3/t25-/m1/s1. The Morgan fingerprint density at radius 3 is 2.35 bits per heavy atom. The number of nitrogens with two attached hydrogens (primary N) is 1. The van der Waals surface area contributed by atoms with Crippen molar-refractivity contribution < 1.29 is 9.18 Å². The van der Waals surface area contributed by atoms with Crippen molar-refractivity contribution in [2.24, 2.45) is 5.73 Å². The van der Waals surface area contributed by atoms with Gasteiger partial charge in [-0.15, -0.1) is 0 Å². The molecular formula is C26H28FN3O. The highest BCUT2D eigenvalue weighted by molar-refractivity contribution is 5.97. The van der Waals surface area contributed by atoms with Crippen molar-refractivity contribution in [1.29, 1.82) is 0 Å². The highest BCUT2D eigenvalue weighted by atomic mass is 19.1. The zero-order chi connectivity index (χ0) is 21.8. The molecule has 3 aromatic rings. The number of anilines is 2. The largest absolute Gasteiger partial charge is 0.369 e. The normalized spacial score (nSPS) is 14.2. The van der Waals surface area contributed by atoms with Crippen LogP contribution in [-0.2, 0) is 11.3 Å². The molecule has 0 aliphatic heterocycles. The SMILES string of the molecule is CCN(c1cccc(CN(C(=O)[C@H](N)c2ccccc2)c2ccc(F)cc2)c1)C1CC1. The fraction of sp³-hybridized carbons (Fsp3) is 0.269. The summed E-state index contributed by atoms with van der Waals surface area (Å²) >= 11 is 0. The van der Waals surface area contributed by atoms with Crippen molar-refractivity contribution in [2.45, 2.75) is 38.4 Å². The number of rotatable bonds is 8. The molecular weight excluding hydrogens is 389 g/mol. The summed E-state index contributed by atoms with van der Waals surface area (Å²) in [6.07, 6.45) is 2.45. The van der Waals surface area contributed by atoms with Crippen LogP contribution in [0.25, 0.3) is 0 Å². The maximum absolute atomic E-state index is 13.5. The molecule has 0 heterocycles. The van der Waals surface area contributed by atoms with Crippen LogP contribution in [0.1, 0.15) is 36.9 Å². The lowest BCUT2D eigenvalue weighted by molar-refractivity contribution is -0.120. The first-order valence-corrected chi connectivity index (χ1v) is 10.8. The molecule has 2 N–H and O–H groups in total. The lowest BCUT2D eigenvalue weighted by Crippen LogP contribution is -2.38. The van der Waals surface area contributed by atoms with Crippen molar-refractivity contribution >= 4 is 17.3 Å². The fourth-order valence-corrected chi connectivity index (χ4v) is 3.94. The lowest BCUT2D eigenvalue weighted by Gasteiger charge is -2.28. The molecule has 31 heavy (non-hydrogen) atoms. The van der Waals surface area contributed by atoms with Crippen LogP contribution in [0.2, 0.25) is 0 Å². The molecule has 1 saturated carbocycles. The van der Waals surface area contributed by atoms with Crippen LogP contribution in [0.3, 0.4) is 0 Å². The van der Waals surface area contributed by atoms with E-state index in [4.69, 9.17) is 5.73 Å². The van der Waals surface area contributed by atoms with Gasteiger partial charge in [-0.3, -0.25) is 4.79 Å². The number of benzene rings is 3. The Morgan fingerprint density at radius 2 is 1.71 bits per heavy atom. The number of hydrogen-bond acceptors (Lipinski definition) is 3. The number of carbonyl (C=O) groups is 1. The fourth-order valence-electron chi connectivity index (χ4n) is 3.94. The molecule has 0 aromatic heterocycles. The van der Waals surface area contributed by atoms with Crippen LogP contribution in [0.5, 0.6) is 0 Å². The highest BCUT2D eigenvalue weighted by Crippen LogP contribution is 2.32. The van der Waals surface area contributed by atoms with Crippen molar-refractivity contribution in [2.75, 3.05) is 16.3 Å². The molecule has 1 aliphatic rings. The summed E-state index contributed by atoms with van der Waals surface area (Å²) in [7, 11) is 0. The van der Waals surface area contributed by atoms with E-state index in [-0.39, 0.29) is 11.7 Å². The van der Waals surface area contributed by atoms with E-state index >= 15 is 0 Å². The van der Waals surface area contributed by atoms with Gasteiger partial charge in [-0.25, -0.2) is 4.39 Å².